The maximum absolute atomic E-state index is 13.1. The summed E-state index contributed by atoms with van der Waals surface area (Å²) in [7, 11) is 6.87. The third kappa shape index (κ3) is 6.84. The lowest BCUT2D eigenvalue weighted by Crippen LogP contribution is -2.51. The second-order valence-electron chi connectivity index (χ2n) is 9.38. The number of hydrogen-bond donors (Lipinski definition) is 3. The second-order valence-corrected chi connectivity index (χ2v) is 9.38. The number of carbonyl (C=O) groups excluding carboxylic acids is 1. The van der Waals surface area contributed by atoms with Crippen LogP contribution in [-0.4, -0.2) is 87.5 Å². The molecule has 1 heterocycles. The first-order valence-corrected chi connectivity index (χ1v) is 12.2. The number of amidine groups is 1. The summed E-state index contributed by atoms with van der Waals surface area (Å²) in [6, 6.07) is 12.0. The number of nitrogens with zero attached hydrogens (tertiary/aromatic N) is 3. The van der Waals surface area contributed by atoms with E-state index in [1.165, 1.54) is 7.11 Å². The molecule has 0 spiro atoms. The predicted molar refractivity (Wildman–Crippen MR) is 142 cm³/mol. The molecule has 2 aromatic rings. The lowest BCUT2D eigenvalue weighted by Gasteiger charge is -2.41. The topological polar surface area (TPSA) is 97.9 Å². The van der Waals surface area contributed by atoms with E-state index in [1.807, 2.05) is 23.9 Å². The van der Waals surface area contributed by atoms with Crippen LogP contribution in [0.15, 0.2) is 54.4 Å². The summed E-state index contributed by atoms with van der Waals surface area (Å²) >= 11 is 0. The first kappa shape index (κ1) is 29.0. The van der Waals surface area contributed by atoms with Crippen LogP contribution >= 0.6 is 0 Å². The summed E-state index contributed by atoms with van der Waals surface area (Å²) in [6.45, 7) is 2.98. The molecule has 3 rings (SSSR count). The maximum atomic E-state index is 13.1. The lowest BCUT2D eigenvalue weighted by atomic mass is 10.00. The quantitative estimate of drug-likeness (QED) is 0.273. The molecule has 1 fully saturated rings. The van der Waals surface area contributed by atoms with E-state index in [2.05, 4.69) is 10.2 Å². The molecule has 1 aliphatic heterocycles. The van der Waals surface area contributed by atoms with Crippen LogP contribution in [0.1, 0.15) is 33.1 Å². The Morgan fingerprint density at radius 3 is 2.08 bits per heavy atom. The van der Waals surface area contributed by atoms with Crippen LogP contribution in [0.25, 0.3) is 5.57 Å². The van der Waals surface area contributed by atoms with Crippen molar-refractivity contribution in [3.05, 3.63) is 76.6 Å². The number of alkyl halides is 3. The lowest BCUT2D eigenvalue weighted by molar-refractivity contribution is -0.137. The highest BCUT2D eigenvalue weighted by Gasteiger charge is 2.32. The van der Waals surface area contributed by atoms with Gasteiger partial charge >= 0.3 is 12.1 Å². The molecule has 8 nitrogen and oxygen atoms in total. The molecule has 206 valence electrons. The molecule has 1 unspecified atom stereocenters. The number of rotatable bonds is 8. The molecule has 0 bridgehead atoms. The molecule has 0 aromatic heterocycles. The number of methoxy groups -OCH3 is 1. The van der Waals surface area contributed by atoms with E-state index in [4.69, 9.17) is 15.9 Å². The van der Waals surface area contributed by atoms with Crippen LogP contribution in [0.4, 0.5) is 13.2 Å². The first-order chi connectivity index (χ1) is 18.0. The number of carbonyl (C=O) groups is 1. The van der Waals surface area contributed by atoms with E-state index in [0.29, 0.717) is 55.2 Å². The molecule has 0 radical (unpaired) electrons. The number of nitrogens with two attached hydrogens (primary N) is 1. The molecular weight excluding hydrogens is 497 g/mol. The van der Waals surface area contributed by atoms with E-state index in [1.54, 1.807) is 43.4 Å². The van der Waals surface area contributed by atoms with Crippen molar-refractivity contribution < 1.29 is 22.7 Å². The van der Waals surface area contributed by atoms with Crippen LogP contribution in [-0.2, 0) is 10.9 Å². The fraction of sp³-hybridized carbons (Fsp3) is 0.407. The first-order valence-electron chi connectivity index (χ1n) is 12.2. The molecule has 0 aliphatic carbocycles. The van der Waals surface area contributed by atoms with E-state index < -0.39 is 17.7 Å². The van der Waals surface area contributed by atoms with Crippen molar-refractivity contribution in [2.75, 3.05) is 61.0 Å². The molecule has 0 saturated carbocycles. The van der Waals surface area contributed by atoms with Gasteiger partial charge in [-0.1, -0.05) is 24.3 Å². The van der Waals surface area contributed by atoms with E-state index in [0.717, 1.165) is 17.7 Å². The van der Waals surface area contributed by atoms with Gasteiger partial charge < -0.3 is 25.6 Å². The molecule has 2 aromatic carbocycles. The monoisotopic (exact) mass is 532 g/mol. The van der Waals surface area contributed by atoms with Crippen molar-refractivity contribution in [1.29, 1.82) is 5.41 Å². The number of hydrogen-bond acceptors (Lipinski definition) is 7. The van der Waals surface area contributed by atoms with Gasteiger partial charge in [0.05, 0.1) is 23.8 Å². The molecule has 38 heavy (non-hydrogen) atoms. The fourth-order valence-electron chi connectivity index (χ4n) is 4.52. The normalized spacial score (nSPS) is 16.2. The molecule has 1 saturated heterocycles. The Hall–Kier alpha value is -3.57. The van der Waals surface area contributed by atoms with Crippen LogP contribution in [0, 0.1) is 5.41 Å². The zero-order valence-corrected chi connectivity index (χ0v) is 22.1. The highest BCUT2D eigenvalue weighted by molar-refractivity contribution is 6.21. The van der Waals surface area contributed by atoms with Crippen molar-refractivity contribution in [2.24, 2.45) is 5.73 Å². The van der Waals surface area contributed by atoms with Gasteiger partial charge in [-0.3, -0.25) is 10.3 Å². The fourth-order valence-corrected chi connectivity index (χ4v) is 4.52. The molecule has 4 N–H and O–H groups in total. The third-order valence-electron chi connectivity index (χ3n) is 6.60. The number of likely N-dealkylation sites (N-methyl/N-ethyl adjacent to an activating group) is 1. The van der Waals surface area contributed by atoms with E-state index >= 15 is 0 Å². The second kappa shape index (κ2) is 12.3. The van der Waals surface area contributed by atoms with Gasteiger partial charge in [-0.15, -0.1) is 0 Å². The average Bonchev–Trinajstić information content (AvgIpc) is 2.91. The summed E-state index contributed by atoms with van der Waals surface area (Å²) in [6.07, 6.45) is -4.37. The summed E-state index contributed by atoms with van der Waals surface area (Å²) in [5, 5.41) is 11.9. The van der Waals surface area contributed by atoms with Crippen molar-refractivity contribution in [1.82, 2.24) is 20.0 Å². The zero-order chi connectivity index (χ0) is 28.0. The summed E-state index contributed by atoms with van der Waals surface area (Å²) in [5.74, 6) is 0.134. The number of nitrogens with one attached hydrogen (secondary N) is 2. The largest absolute Gasteiger partial charge is 0.465 e. The summed E-state index contributed by atoms with van der Waals surface area (Å²) < 4.78 is 43.9. The average molecular weight is 533 g/mol. The van der Waals surface area contributed by atoms with Crippen molar-refractivity contribution in [3.8, 4) is 0 Å². The Morgan fingerprint density at radius 1 is 1.05 bits per heavy atom. The molecule has 11 heteroatoms. The number of benzene rings is 2. The SMILES string of the molecule is CN/C(N)=C(\C(=N)N1CCN(C(CN(C)C)c2ccc(C(F)(F)F)cc2)CC1)c1ccc(C(=O)OC)cc1. The van der Waals surface area contributed by atoms with Gasteiger partial charge in [0.1, 0.15) is 11.7 Å². The highest BCUT2D eigenvalue weighted by Crippen LogP contribution is 2.31. The minimum Gasteiger partial charge on any atom is -0.465 e. The zero-order valence-electron chi connectivity index (χ0n) is 22.1. The van der Waals surface area contributed by atoms with Gasteiger partial charge in [-0.25, -0.2) is 4.79 Å². The Balaban J connectivity index is 1.77. The molecule has 1 aliphatic rings. The van der Waals surface area contributed by atoms with E-state index in [9.17, 15) is 18.0 Å². The Bertz CT molecular complexity index is 1140. The van der Waals surface area contributed by atoms with Crippen molar-refractivity contribution in [3.63, 3.8) is 0 Å². The third-order valence-corrected chi connectivity index (χ3v) is 6.60. The summed E-state index contributed by atoms with van der Waals surface area (Å²) in [5.41, 5.74) is 8.00. The van der Waals surface area contributed by atoms with Gasteiger partial charge in [-0.05, 0) is 49.5 Å². The Morgan fingerprint density at radius 2 is 1.61 bits per heavy atom. The van der Waals surface area contributed by atoms with Crippen LogP contribution in [0.3, 0.4) is 0 Å². The standard InChI is InChI=1S/C27H35F3N6O2/c1-33-24(31)23(19-5-7-20(8-6-19)26(37)38-4)25(32)36-15-13-35(14-16-36)22(17-34(2)3)18-9-11-21(12-10-18)27(28,29)30/h5-12,22,32-33H,13-17,31H2,1-4H3/b24-23-,32-25?. The van der Waals surface area contributed by atoms with Crippen LogP contribution in [0.5, 0.6) is 0 Å². The minimum absolute atomic E-state index is 0.0909. The van der Waals surface area contributed by atoms with Gasteiger partial charge in [0.2, 0.25) is 0 Å². The molecular formula is C27H35F3N6O2. The number of esters is 1. The minimum atomic E-state index is -4.37. The Kier molecular flexibility index (Phi) is 9.40. The van der Waals surface area contributed by atoms with Crippen molar-refractivity contribution in [2.45, 2.75) is 12.2 Å². The Labute approximate surface area is 221 Å². The predicted octanol–water partition coefficient (Wildman–Crippen LogP) is 3.24. The molecule has 1 atom stereocenters. The van der Waals surface area contributed by atoms with Gasteiger partial charge in [-0.2, -0.15) is 13.2 Å². The smallest absolute Gasteiger partial charge is 0.416 e. The number of ether oxygens (including phenoxy) is 1. The highest BCUT2D eigenvalue weighted by atomic mass is 19.4. The number of piperazine rings is 1. The van der Waals surface area contributed by atoms with Gasteiger partial charge in [0, 0.05) is 45.8 Å². The maximum Gasteiger partial charge on any atom is 0.416 e. The summed E-state index contributed by atoms with van der Waals surface area (Å²) in [4.78, 5) is 18.0. The van der Waals surface area contributed by atoms with Crippen molar-refractivity contribution >= 4 is 17.4 Å². The van der Waals surface area contributed by atoms with Crippen LogP contribution in [0.2, 0.25) is 0 Å². The van der Waals surface area contributed by atoms with Gasteiger partial charge in [0.15, 0.2) is 0 Å². The number of halogens is 3. The van der Waals surface area contributed by atoms with Gasteiger partial charge in [0.25, 0.3) is 0 Å². The van der Waals surface area contributed by atoms with Crippen LogP contribution < -0.4 is 11.1 Å². The molecule has 0 amide bonds. The van der Waals surface area contributed by atoms with E-state index in [-0.39, 0.29) is 11.9 Å².